The molecule has 0 saturated carbocycles. The van der Waals surface area contributed by atoms with Gasteiger partial charge in [-0.3, -0.25) is 0 Å². The monoisotopic (exact) mass is 226 g/mol. The number of amides is 2. The lowest BCUT2D eigenvalue weighted by atomic mass is 9.98. The first kappa shape index (κ1) is 11.7. The summed E-state index contributed by atoms with van der Waals surface area (Å²) in [5.41, 5.74) is -0.583. The van der Waals surface area contributed by atoms with Gasteiger partial charge in [-0.25, -0.2) is 4.79 Å². The molecule has 2 saturated heterocycles. The maximum Gasteiger partial charge on any atom is 0.319 e. The molecular weight excluding hydrogens is 204 g/mol. The van der Waals surface area contributed by atoms with Crippen LogP contribution < -0.4 is 0 Å². The Labute approximate surface area is 97.2 Å². The molecule has 0 aromatic rings. The Balaban J connectivity index is 1.91. The van der Waals surface area contributed by atoms with E-state index in [1.165, 1.54) is 0 Å². The maximum absolute atomic E-state index is 12.1. The lowest BCUT2D eigenvalue weighted by Gasteiger charge is -2.27. The third-order valence-electron chi connectivity index (χ3n) is 3.71. The summed E-state index contributed by atoms with van der Waals surface area (Å²) in [5.74, 6) is 0. The average molecular weight is 226 g/mol. The number of hydrogen-bond donors (Lipinski definition) is 1. The number of nitrogens with zero attached hydrogens (tertiary/aromatic N) is 2. The summed E-state index contributed by atoms with van der Waals surface area (Å²) in [7, 11) is 0. The Hall–Kier alpha value is -0.770. The molecule has 2 rings (SSSR count). The molecular formula is C12H22N2O2. The van der Waals surface area contributed by atoms with Crippen LogP contribution in [0.1, 0.15) is 39.0 Å². The number of likely N-dealkylation sites (tertiary alicyclic amines) is 2. The van der Waals surface area contributed by atoms with Gasteiger partial charge < -0.3 is 14.9 Å². The van der Waals surface area contributed by atoms with Crippen LogP contribution in [0, 0.1) is 0 Å². The van der Waals surface area contributed by atoms with Gasteiger partial charge in [0.05, 0.1) is 5.60 Å². The zero-order valence-electron chi connectivity index (χ0n) is 10.1. The number of carbonyl (C=O) groups excluding carboxylic acids is 1. The molecule has 1 N–H and O–H groups in total. The Kier molecular flexibility index (Phi) is 3.38. The van der Waals surface area contributed by atoms with E-state index in [0.29, 0.717) is 13.0 Å². The molecule has 2 amide bonds. The minimum Gasteiger partial charge on any atom is -0.390 e. The third-order valence-corrected chi connectivity index (χ3v) is 3.71. The lowest BCUT2D eigenvalue weighted by Crippen LogP contribution is -2.42. The minimum atomic E-state index is -0.583. The summed E-state index contributed by atoms with van der Waals surface area (Å²) >= 11 is 0. The third kappa shape index (κ3) is 2.67. The van der Waals surface area contributed by atoms with E-state index in [4.69, 9.17) is 0 Å². The van der Waals surface area contributed by atoms with Gasteiger partial charge in [-0.2, -0.15) is 0 Å². The highest BCUT2D eigenvalue weighted by Crippen LogP contribution is 2.22. The molecule has 0 bridgehead atoms. The summed E-state index contributed by atoms with van der Waals surface area (Å²) in [5, 5.41) is 9.97. The fourth-order valence-electron chi connectivity index (χ4n) is 2.56. The highest BCUT2D eigenvalue weighted by atomic mass is 16.3. The summed E-state index contributed by atoms with van der Waals surface area (Å²) < 4.78 is 0. The quantitative estimate of drug-likeness (QED) is 0.679. The van der Waals surface area contributed by atoms with E-state index in [-0.39, 0.29) is 6.03 Å². The first-order valence-electron chi connectivity index (χ1n) is 6.35. The summed E-state index contributed by atoms with van der Waals surface area (Å²) in [4.78, 5) is 16.0. The van der Waals surface area contributed by atoms with E-state index >= 15 is 0 Å². The van der Waals surface area contributed by atoms with Gasteiger partial charge >= 0.3 is 6.03 Å². The van der Waals surface area contributed by atoms with Crippen molar-refractivity contribution in [1.29, 1.82) is 0 Å². The predicted octanol–water partition coefficient (Wildman–Crippen LogP) is 1.44. The summed E-state index contributed by atoms with van der Waals surface area (Å²) in [6.45, 7) is 5.18. The van der Waals surface area contributed by atoms with E-state index in [0.717, 1.165) is 45.3 Å². The van der Waals surface area contributed by atoms with Gasteiger partial charge in [0.15, 0.2) is 0 Å². The van der Waals surface area contributed by atoms with Crippen LogP contribution in [0.25, 0.3) is 0 Å². The Morgan fingerprint density at radius 3 is 2.25 bits per heavy atom. The highest BCUT2D eigenvalue weighted by molar-refractivity contribution is 5.74. The van der Waals surface area contributed by atoms with E-state index < -0.39 is 5.60 Å². The molecule has 2 aliphatic heterocycles. The van der Waals surface area contributed by atoms with Crippen LogP contribution in [0.3, 0.4) is 0 Å². The van der Waals surface area contributed by atoms with Crippen molar-refractivity contribution in [3.05, 3.63) is 0 Å². The summed E-state index contributed by atoms with van der Waals surface area (Å²) in [6.07, 6.45) is 4.69. The molecule has 0 spiro atoms. The molecule has 0 radical (unpaired) electrons. The maximum atomic E-state index is 12.1. The molecule has 16 heavy (non-hydrogen) atoms. The van der Waals surface area contributed by atoms with E-state index in [1.54, 1.807) is 0 Å². The van der Waals surface area contributed by atoms with Crippen molar-refractivity contribution in [2.45, 2.75) is 44.6 Å². The van der Waals surface area contributed by atoms with Gasteiger partial charge in [-0.05, 0) is 39.0 Å². The molecule has 1 atom stereocenters. The molecule has 0 aromatic carbocycles. The zero-order chi connectivity index (χ0) is 11.6. The SMILES string of the molecule is CC1(O)CCCN(C(=O)N2CCCC2)CC1. The molecule has 1 unspecified atom stereocenters. The van der Waals surface area contributed by atoms with Gasteiger partial charge in [0.25, 0.3) is 0 Å². The van der Waals surface area contributed by atoms with Crippen LogP contribution in [0.15, 0.2) is 0 Å². The zero-order valence-corrected chi connectivity index (χ0v) is 10.1. The second-order valence-corrected chi connectivity index (χ2v) is 5.31. The first-order chi connectivity index (χ1) is 7.58. The molecule has 4 nitrogen and oxygen atoms in total. The number of carbonyl (C=O) groups is 1. The van der Waals surface area contributed by atoms with Crippen molar-refractivity contribution in [2.24, 2.45) is 0 Å². The second kappa shape index (κ2) is 4.62. The second-order valence-electron chi connectivity index (χ2n) is 5.31. The fraction of sp³-hybridized carbons (Fsp3) is 0.917. The van der Waals surface area contributed by atoms with Crippen molar-refractivity contribution < 1.29 is 9.90 Å². The molecule has 0 aromatic heterocycles. The van der Waals surface area contributed by atoms with Crippen molar-refractivity contribution in [2.75, 3.05) is 26.2 Å². The van der Waals surface area contributed by atoms with Crippen molar-refractivity contribution >= 4 is 6.03 Å². The van der Waals surface area contributed by atoms with Crippen molar-refractivity contribution in [1.82, 2.24) is 9.80 Å². The number of rotatable bonds is 0. The highest BCUT2D eigenvalue weighted by Gasteiger charge is 2.29. The molecule has 92 valence electrons. The number of urea groups is 1. The largest absolute Gasteiger partial charge is 0.390 e. The lowest BCUT2D eigenvalue weighted by molar-refractivity contribution is 0.0452. The van der Waals surface area contributed by atoms with Crippen molar-refractivity contribution in [3.63, 3.8) is 0 Å². The Bertz CT molecular complexity index is 260. The van der Waals surface area contributed by atoms with Crippen LogP contribution in [0.4, 0.5) is 4.79 Å². The average Bonchev–Trinajstić information content (AvgIpc) is 2.69. The van der Waals surface area contributed by atoms with E-state index in [1.807, 2.05) is 16.7 Å². The smallest absolute Gasteiger partial charge is 0.319 e. The van der Waals surface area contributed by atoms with Gasteiger partial charge in [-0.1, -0.05) is 0 Å². The van der Waals surface area contributed by atoms with Gasteiger partial charge in [-0.15, -0.1) is 0 Å². The molecule has 4 heteroatoms. The molecule has 2 aliphatic rings. The van der Waals surface area contributed by atoms with Gasteiger partial charge in [0.2, 0.25) is 0 Å². The minimum absolute atomic E-state index is 0.176. The molecule has 2 heterocycles. The van der Waals surface area contributed by atoms with Gasteiger partial charge in [0, 0.05) is 26.2 Å². The Morgan fingerprint density at radius 1 is 1.00 bits per heavy atom. The van der Waals surface area contributed by atoms with E-state index in [2.05, 4.69) is 0 Å². The first-order valence-corrected chi connectivity index (χ1v) is 6.35. The standard InChI is InChI=1S/C12H22N2O2/c1-12(16)5-4-9-14(10-6-12)11(15)13-7-2-3-8-13/h16H,2-10H2,1H3. The van der Waals surface area contributed by atoms with E-state index in [9.17, 15) is 9.90 Å². The van der Waals surface area contributed by atoms with Crippen molar-refractivity contribution in [3.8, 4) is 0 Å². The van der Waals surface area contributed by atoms with Crippen LogP contribution in [-0.4, -0.2) is 52.7 Å². The van der Waals surface area contributed by atoms with Crippen LogP contribution in [0.2, 0.25) is 0 Å². The number of hydrogen-bond acceptors (Lipinski definition) is 2. The normalized spacial score (nSPS) is 31.6. The molecule has 0 aliphatic carbocycles. The van der Waals surface area contributed by atoms with Gasteiger partial charge in [0.1, 0.15) is 0 Å². The topological polar surface area (TPSA) is 43.8 Å². The fourth-order valence-corrected chi connectivity index (χ4v) is 2.56. The van der Waals surface area contributed by atoms with Crippen LogP contribution in [0.5, 0.6) is 0 Å². The Morgan fingerprint density at radius 2 is 1.56 bits per heavy atom. The predicted molar refractivity (Wildman–Crippen MR) is 62.3 cm³/mol. The van der Waals surface area contributed by atoms with Crippen LogP contribution >= 0.6 is 0 Å². The summed E-state index contributed by atoms with van der Waals surface area (Å²) in [6, 6.07) is 0.176. The van der Waals surface area contributed by atoms with Crippen LogP contribution in [-0.2, 0) is 0 Å². The molecule has 2 fully saturated rings. The number of aliphatic hydroxyl groups is 1.